The lowest BCUT2D eigenvalue weighted by Gasteiger charge is -2.33. The molecule has 1 amide bonds. The Bertz CT molecular complexity index is 940. The molecule has 7 nitrogen and oxygen atoms in total. The van der Waals surface area contributed by atoms with Gasteiger partial charge in [0.15, 0.2) is 0 Å². The van der Waals surface area contributed by atoms with Crippen molar-refractivity contribution in [1.82, 2.24) is 14.8 Å². The van der Waals surface area contributed by atoms with Crippen LogP contribution in [0.4, 0.5) is 5.69 Å². The first-order chi connectivity index (χ1) is 12.7. The predicted molar refractivity (Wildman–Crippen MR) is 96.1 cm³/mol. The third kappa shape index (κ3) is 2.88. The molecule has 3 aromatic rings. The Balaban J connectivity index is 1.72. The normalized spacial score (nSPS) is 15.9. The highest BCUT2D eigenvalue weighted by Crippen LogP contribution is 2.37. The largest absolute Gasteiger partial charge is 0.497 e. The molecule has 0 fully saturated rings. The lowest BCUT2D eigenvalue weighted by molar-refractivity contribution is 0.0956. The van der Waals surface area contributed by atoms with Crippen molar-refractivity contribution in [3.05, 3.63) is 60.7 Å². The van der Waals surface area contributed by atoms with Crippen molar-refractivity contribution in [2.75, 3.05) is 18.6 Å². The Morgan fingerprint density at radius 2 is 2.15 bits per heavy atom. The Labute approximate surface area is 150 Å². The lowest BCUT2D eigenvalue weighted by atomic mass is 10.1. The fraction of sp³-hybridized carbons (Fsp3) is 0.211. The van der Waals surface area contributed by atoms with Gasteiger partial charge in [-0.15, -0.1) is 0 Å². The van der Waals surface area contributed by atoms with E-state index in [0.717, 1.165) is 5.69 Å². The lowest BCUT2D eigenvalue weighted by Crippen LogP contribution is -2.42. The molecule has 0 saturated carbocycles. The summed E-state index contributed by atoms with van der Waals surface area (Å²) in [5.74, 6) is 1.13. The highest BCUT2D eigenvalue weighted by molar-refractivity contribution is 6.06. The summed E-state index contributed by atoms with van der Waals surface area (Å²) in [6.45, 7) is 2.37. The number of fused-ring (bicyclic) bond motifs is 1. The molecule has 0 N–H and O–H groups in total. The van der Waals surface area contributed by atoms with Gasteiger partial charge in [0.2, 0.25) is 0 Å². The molecular formula is C19H18N4O3. The number of rotatable bonds is 3. The molecule has 132 valence electrons. The summed E-state index contributed by atoms with van der Waals surface area (Å²) in [7, 11) is 1.59. The van der Waals surface area contributed by atoms with Crippen LogP contribution >= 0.6 is 0 Å². The summed E-state index contributed by atoms with van der Waals surface area (Å²) < 4.78 is 12.8. The van der Waals surface area contributed by atoms with Crippen LogP contribution < -0.4 is 14.4 Å². The molecule has 1 aliphatic heterocycles. The number of hydrogen-bond acceptors (Lipinski definition) is 5. The number of ether oxygens (including phenoxy) is 2. The number of nitrogens with zero attached hydrogens (tertiary/aromatic N) is 4. The zero-order valence-electron chi connectivity index (χ0n) is 14.5. The predicted octanol–water partition coefficient (Wildman–Crippen LogP) is 2.70. The Morgan fingerprint density at radius 1 is 1.27 bits per heavy atom. The maximum absolute atomic E-state index is 13.2. The highest BCUT2D eigenvalue weighted by atomic mass is 16.5. The van der Waals surface area contributed by atoms with Crippen molar-refractivity contribution in [2.24, 2.45) is 0 Å². The minimum atomic E-state index is -0.191. The SMILES string of the molecule is COc1ccc2c(c1)N(C(=O)c1cc(-n3cccn3)ccn1)C[C@H](C)O2. The van der Waals surface area contributed by atoms with Crippen LogP contribution in [0.1, 0.15) is 17.4 Å². The number of methoxy groups -OCH3 is 1. The maximum Gasteiger partial charge on any atom is 0.277 e. The summed E-state index contributed by atoms with van der Waals surface area (Å²) in [6.07, 6.45) is 5.00. The van der Waals surface area contributed by atoms with Crippen molar-refractivity contribution in [1.29, 1.82) is 0 Å². The number of carbonyl (C=O) groups is 1. The number of amides is 1. The Hall–Kier alpha value is -3.35. The molecular weight excluding hydrogens is 332 g/mol. The molecule has 4 rings (SSSR count). The topological polar surface area (TPSA) is 69.5 Å². The summed E-state index contributed by atoms with van der Waals surface area (Å²) >= 11 is 0. The van der Waals surface area contributed by atoms with Gasteiger partial charge in [-0.25, -0.2) is 4.68 Å². The first kappa shape index (κ1) is 16.1. The number of hydrogen-bond donors (Lipinski definition) is 0. The van der Waals surface area contributed by atoms with Gasteiger partial charge in [-0.05, 0) is 37.3 Å². The second-order valence-electron chi connectivity index (χ2n) is 6.03. The first-order valence-corrected chi connectivity index (χ1v) is 8.28. The average molecular weight is 350 g/mol. The molecule has 0 saturated heterocycles. The summed E-state index contributed by atoms with van der Waals surface area (Å²) in [4.78, 5) is 19.1. The van der Waals surface area contributed by atoms with Gasteiger partial charge >= 0.3 is 0 Å². The first-order valence-electron chi connectivity index (χ1n) is 8.28. The second kappa shape index (κ2) is 6.51. The summed E-state index contributed by atoms with van der Waals surface area (Å²) in [5, 5.41) is 4.20. The molecule has 1 aliphatic rings. The van der Waals surface area contributed by atoms with E-state index < -0.39 is 0 Å². The number of benzene rings is 1. The molecule has 1 atom stereocenters. The van der Waals surface area contributed by atoms with E-state index in [1.807, 2.05) is 37.4 Å². The monoisotopic (exact) mass is 350 g/mol. The van der Waals surface area contributed by atoms with E-state index in [0.29, 0.717) is 29.4 Å². The second-order valence-corrected chi connectivity index (χ2v) is 6.03. The smallest absolute Gasteiger partial charge is 0.277 e. The fourth-order valence-corrected chi connectivity index (χ4v) is 2.98. The molecule has 0 radical (unpaired) electrons. The number of pyridine rings is 1. The van der Waals surface area contributed by atoms with Crippen LogP contribution in [0.3, 0.4) is 0 Å². The van der Waals surface area contributed by atoms with E-state index in [1.54, 1.807) is 41.2 Å². The summed E-state index contributed by atoms with van der Waals surface area (Å²) in [6, 6.07) is 10.8. The standard InChI is InChI=1S/C19H18N4O3/c1-13-12-22(17-11-15(25-2)4-5-18(17)26-13)19(24)16-10-14(6-8-20-16)23-9-3-7-21-23/h3-11,13H,12H2,1-2H3/t13-/m0/s1. The molecule has 3 heterocycles. The minimum Gasteiger partial charge on any atom is -0.497 e. The van der Waals surface area contributed by atoms with Crippen LogP contribution in [0.2, 0.25) is 0 Å². The van der Waals surface area contributed by atoms with Crippen molar-refractivity contribution in [2.45, 2.75) is 13.0 Å². The van der Waals surface area contributed by atoms with Gasteiger partial charge in [0, 0.05) is 24.7 Å². The van der Waals surface area contributed by atoms with E-state index >= 15 is 0 Å². The van der Waals surface area contributed by atoms with Crippen LogP contribution in [0.15, 0.2) is 55.0 Å². The van der Waals surface area contributed by atoms with Crippen LogP contribution in [0, 0.1) is 0 Å². The van der Waals surface area contributed by atoms with E-state index in [1.165, 1.54) is 0 Å². The van der Waals surface area contributed by atoms with Crippen molar-refractivity contribution in [3.8, 4) is 17.2 Å². The molecule has 0 aliphatic carbocycles. The van der Waals surface area contributed by atoms with Crippen molar-refractivity contribution < 1.29 is 14.3 Å². The van der Waals surface area contributed by atoms with Crippen molar-refractivity contribution >= 4 is 11.6 Å². The average Bonchev–Trinajstić information content (AvgIpc) is 3.21. The highest BCUT2D eigenvalue weighted by Gasteiger charge is 2.29. The maximum atomic E-state index is 13.2. The molecule has 0 unspecified atom stereocenters. The van der Waals surface area contributed by atoms with Gasteiger partial charge in [0.05, 0.1) is 25.0 Å². The zero-order chi connectivity index (χ0) is 18.1. The number of carbonyl (C=O) groups excluding carboxylic acids is 1. The quantitative estimate of drug-likeness (QED) is 0.726. The van der Waals surface area contributed by atoms with Gasteiger partial charge in [-0.3, -0.25) is 14.7 Å². The Kier molecular flexibility index (Phi) is 4.04. The van der Waals surface area contributed by atoms with Crippen LogP contribution in [-0.4, -0.2) is 40.4 Å². The molecule has 7 heteroatoms. The van der Waals surface area contributed by atoms with Crippen LogP contribution in [-0.2, 0) is 0 Å². The molecule has 2 aromatic heterocycles. The van der Waals surface area contributed by atoms with E-state index in [2.05, 4.69) is 10.1 Å². The van der Waals surface area contributed by atoms with E-state index in [-0.39, 0.29) is 12.0 Å². The van der Waals surface area contributed by atoms with Gasteiger partial charge in [-0.2, -0.15) is 5.10 Å². The van der Waals surface area contributed by atoms with Gasteiger partial charge in [0.25, 0.3) is 5.91 Å². The third-order valence-corrected chi connectivity index (χ3v) is 4.20. The van der Waals surface area contributed by atoms with Crippen molar-refractivity contribution in [3.63, 3.8) is 0 Å². The van der Waals surface area contributed by atoms with Gasteiger partial charge in [-0.1, -0.05) is 0 Å². The molecule has 0 bridgehead atoms. The minimum absolute atomic E-state index is 0.117. The third-order valence-electron chi connectivity index (χ3n) is 4.20. The molecule has 0 spiro atoms. The zero-order valence-corrected chi connectivity index (χ0v) is 14.5. The summed E-state index contributed by atoms with van der Waals surface area (Å²) in [5.41, 5.74) is 1.81. The molecule has 26 heavy (non-hydrogen) atoms. The van der Waals surface area contributed by atoms with E-state index in [9.17, 15) is 4.79 Å². The number of aromatic nitrogens is 3. The van der Waals surface area contributed by atoms with E-state index in [4.69, 9.17) is 9.47 Å². The number of anilines is 1. The molecule has 1 aromatic carbocycles. The van der Waals surface area contributed by atoms with Gasteiger partial charge in [0.1, 0.15) is 23.3 Å². The van der Waals surface area contributed by atoms with Gasteiger partial charge < -0.3 is 9.47 Å². The Morgan fingerprint density at radius 3 is 2.92 bits per heavy atom. The van der Waals surface area contributed by atoms with Crippen LogP contribution in [0.5, 0.6) is 11.5 Å². The van der Waals surface area contributed by atoms with Crippen LogP contribution in [0.25, 0.3) is 5.69 Å². The fourth-order valence-electron chi connectivity index (χ4n) is 2.98.